The molecular weight excluding hydrogens is 158 g/mol. The Kier molecular flexibility index (Phi) is 4.24. The van der Waals surface area contributed by atoms with E-state index in [9.17, 15) is 0 Å². The van der Waals surface area contributed by atoms with Crippen molar-refractivity contribution < 1.29 is 0 Å². The van der Waals surface area contributed by atoms with Crippen molar-refractivity contribution in [3.63, 3.8) is 0 Å². The zero-order valence-corrected chi connectivity index (χ0v) is 9.53. The lowest BCUT2D eigenvalue weighted by atomic mass is 9.92. The largest absolute Gasteiger partial charge is 0.311 e. The Bertz CT molecular complexity index is 132. The van der Waals surface area contributed by atoms with Crippen molar-refractivity contribution in [3.8, 4) is 0 Å². The van der Waals surface area contributed by atoms with Crippen molar-refractivity contribution >= 4 is 0 Å². The number of nitrogens with one attached hydrogen (secondary N) is 1. The highest BCUT2D eigenvalue weighted by Gasteiger charge is 2.24. The summed E-state index contributed by atoms with van der Waals surface area (Å²) in [7, 11) is 0. The summed E-state index contributed by atoms with van der Waals surface area (Å²) in [5.74, 6) is 0.778. The fraction of sp³-hybridized carbons (Fsp3) is 1.00. The average molecular weight is 183 g/mol. The maximum atomic E-state index is 3.74. The van der Waals surface area contributed by atoms with E-state index in [-0.39, 0.29) is 0 Å². The fourth-order valence-corrected chi connectivity index (χ4v) is 2.14. The topological polar surface area (TPSA) is 12.0 Å². The number of hydrogen-bond donors (Lipinski definition) is 1. The highest BCUT2D eigenvalue weighted by molar-refractivity contribution is 4.85. The molecule has 1 rings (SSSR count). The second-order valence-corrected chi connectivity index (χ2v) is 5.25. The molecule has 0 bridgehead atoms. The second kappa shape index (κ2) is 4.99. The highest BCUT2D eigenvalue weighted by Crippen LogP contribution is 2.26. The summed E-state index contributed by atoms with van der Waals surface area (Å²) in [6, 6.07) is 0. The SMILES string of the molecule is CC(C)CNC1(C)CCCCCC1. The minimum absolute atomic E-state index is 0.445. The molecule has 0 radical (unpaired) electrons. The minimum atomic E-state index is 0.445. The van der Waals surface area contributed by atoms with Gasteiger partial charge in [0.1, 0.15) is 0 Å². The number of hydrogen-bond acceptors (Lipinski definition) is 1. The molecule has 0 amide bonds. The molecule has 0 heterocycles. The molecular formula is C12H25N. The summed E-state index contributed by atoms with van der Waals surface area (Å²) in [5, 5.41) is 3.74. The molecule has 78 valence electrons. The number of rotatable bonds is 3. The van der Waals surface area contributed by atoms with Gasteiger partial charge in [0.25, 0.3) is 0 Å². The first kappa shape index (κ1) is 11.0. The molecule has 13 heavy (non-hydrogen) atoms. The van der Waals surface area contributed by atoms with Crippen LogP contribution in [0.25, 0.3) is 0 Å². The van der Waals surface area contributed by atoms with Gasteiger partial charge < -0.3 is 5.32 Å². The van der Waals surface area contributed by atoms with E-state index in [0.717, 1.165) is 5.92 Å². The molecule has 1 saturated carbocycles. The smallest absolute Gasteiger partial charge is 0.0153 e. The van der Waals surface area contributed by atoms with Gasteiger partial charge in [0.2, 0.25) is 0 Å². The lowest BCUT2D eigenvalue weighted by Crippen LogP contribution is -2.43. The Morgan fingerprint density at radius 1 is 1.08 bits per heavy atom. The lowest BCUT2D eigenvalue weighted by Gasteiger charge is -2.30. The van der Waals surface area contributed by atoms with Crippen molar-refractivity contribution in [2.45, 2.75) is 64.8 Å². The van der Waals surface area contributed by atoms with E-state index < -0.39 is 0 Å². The molecule has 0 unspecified atom stereocenters. The van der Waals surface area contributed by atoms with Crippen LogP contribution >= 0.6 is 0 Å². The van der Waals surface area contributed by atoms with Gasteiger partial charge in [-0.1, -0.05) is 39.5 Å². The van der Waals surface area contributed by atoms with Crippen LogP contribution in [0.1, 0.15) is 59.3 Å². The summed E-state index contributed by atoms with van der Waals surface area (Å²) in [6.45, 7) is 8.15. The Labute approximate surface area is 83.3 Å². The lowest BCUT2D eigenvalue weighted by molar-refractivity contribution is 0.298. The van der Waals surface area contributed by atoms with E-state index >= 15 is 0 Å². The predicted molar refractivity (Wildman–Crippen MR) is 58.9 cm³/mol. The molecule has 0 atom stereocenters. The standard InChI is InChI=1S/C12H25N/c1-11(2)10-13-12(3)8-6-4-5-7-9-12/h11,13H,4-10H2,1-3H3. The van der Waals surface area contributed by atoms with Crippen LogP contribution in [0.3, 0.4) is 0 Å². The first-order valence-electron chi connectivity index (χ1n) is 5.87. The fourth-order valence-electron chi connectivity index (χ4n) is 2.14. The van der Waals surface area contributed by atoms with Crippen LogP contribution in [-0.2, 0) is 0 Å². The Morgan fingerprint density at radius 2 is 1.62 bits per heavy atom. The van der Waals surface area contributed by atoms with Crippen LogP contribution in [-0.4, -0.2) is 12.1 Å². The molecule has 1 fully saturated rings. The van der Waals surface area contributed by atoms with Gasteiger partial charge in [-0.15, -0.1) is 0 Å². The monoisotopic (exact) mass is 183 g/mol. The van der Waals surface area contributed by atoms with Gasteiger partial charge >= 0.3 is 0 Å². The maximum absolute atomic E-state index is 3.74. The summed E-state index contributed by atoms with van der Waals surface area (Å²) in [4.78, 5) is 0. The van der Waals surface area contributed by atoms with E-state index in [1.165, 1.54) is 45.1 Å². The van der Waals surface area contributed by atoms with Crippen LogP contribution in [0.4, 0.5) is 0 Å². The first-order chi connectivity index (χ1) is 6.12. The van der Waals surface area contributed by atoms with E-state index in [4.69, 9.17) is 0 Å². The zero-order chi connectivity index (χ0) is 9.73. The van der Waals surface area contributed by atoms with Gasteiger partial charge in [-0.05, 0) is 32.2 Å². The Hall–Kier alpha value is -0.0400. The molecule has 1 N–H and O–H groups in total. The third kappa shape index (κ3) is 4.12. The quantitative estimate of drug-likeness (QED) is 0.662. The summed E-state index contributed by atoms with van der Waals surface area (Å²) in [5.41, 5.74) is 0.445. The van der Waals surface area contributed by atoms with Crippen LogP contribution in [0.5, 0.6) is 0 Å². The summed E-state index contributed by atoms with van der Waals surface area (Å²) in [6.07, 6.45) is 8.47. The third-order valence-electron chi connectivity index (χ3n) is 3.14. The molecule has 1 aliphatic carbocycles. The zero-order valence-electron chi connectivity index (χ0n) is 9.53. The molecule has 0 aliphatic heterocycles. The Morgan fingerprint density at radius 3 is 2.08 bits per heavy atom. The van der Waals surface area contributed by atoms with Gasteiger partial charge in [0.05, 0.1) is 0 Å². The summed E-state index contributed by atoms with van der Waals surface area (Å²) < 4.78 is 0. The highest BCUT2D eigenvalue weighted by atomic mass is 15.0. The molecule has 1 heteroatoms. The third-order valence-corrected chi connectivity index (χ3v) is 3.14. The van der Waals surface area contributed by atoms with E-state index in [2.05, 4.69) is 26.1 Å². The van der Waals surface area contributed by atoms with Crippen LogP contribution in [0.2, 0.25) is 0 Å². The molecule has 0 aromatic rings. The van der Waals surface area contributed by atoms with Crippen molar-refractivity contribution in [3.05, 3.63) is 0 Å². The van der Waals surface area contributed by atoms with Crippen molar-refractivity contribution in [1.29, 1.82) is 0 Å². The van der Waals surface area contributed by atoms with Crippen LogP contribution in [0, 0.1) is 5.92 Å². The van der Waals surface area contributed by atoms with Crippen LogP contribution < -0.4 is 5.32 Å². The molecule has 0 aromatic heterocycles. The van der Waals surface area contributed by atoms with E-state index in [0.29, 0.717) is 5.54 Å². The van der Waals surface area contributed by atoms with Gasteiger partial charge in [-0.2, -0.15) is 0 Å². The van der Waals surface area contributed by atoms with Crippen molar-refractivity contribution in [2.75, 3.05) is 6.54 Å². The van der Waals surface area contributed by atoms with Crippen molar-refractivity contribution in [1.82, 2.24) is 5.32 Å². The molecule has 1 aliphatic rings. The normalized spacial score (nSPS) is 23.1. The van der Waals surface area contributed by atoms with Gasteiger partial charge in [-0.25, -0.2) is 0 Å². The van der Waals surface area contributed by atoms with Gasteiger partial charge in [0.15, 0.2) is 0 Å². The second-order valence-electron chi connectivity index (χ2n) is 5.25. The van der Waals surface area contributed by atoms with Gasteiger partial charge in [-0.3, -0.25) is 0 Å². The average Bonchev–Trinajstić information content (AvgIpc) is 2.28. The maximum Gasteiger partial charge on any atom is 0.0153 e. The van der Waals surface area contributed by atoms with E-state index in [1.54, 1.807) is 0 Å². The summed E-state index contributed by atoms with van der Waals surface area (Å²) >= 11 is 0. The minimum Gasteiger partial charge on any atom is -0.311 e. The first-order valence-corrected chi connectivity index (χ1v) is 5.87. The Balaban J connectivity index is 2.33. The molecule has 0 aromatic carbocycles. The molecule has 0 spiro atoms. The van der Waals surface area contributed by atoms with E-state index in [1.807, 2.05) is 0 Å². The van der Waals surface area contributed by atoms with Crippen molar-refractivity contribution in [2.24, 2.45) is 5.92 Å². The van der Waals surface area contributed by atoms with Crippen LogP contribution in [0.15, 0.2) is 0 Å². The predicted octanol–water partition coefficient (Wildman–Crippen LogP) is 3.34. The molecule has 0 saturated heterocycles. The molecule has 1 nitrogen and oxygen atoms in total. The van der Waals surface area contributed by atoms with Gasteiger partial charge in [0, 0.05) is 5.54 Å².